The molecule has 3 N–H and O–H groups in total. The second-order valence-corrected chi connectivity index (χ2v) is 5.26. The number of rotatable bonds is 8. The van der Waals surface area contributed by atoms with Crippen molar-refractivity contribution in [1.29, 1.82) is 0 Å². The lowest BCUT2D eigenvalue weighted by molar-refractivity contribution is 0.0926. The first kappa shape index (κ1) is 22.6. The van der Waals surface area contributed by atoms with Crippen LogP contribution in [-0.4, -0.2) is 46.2 Å². The minimum absolute atomic E-state index is 0. The Morgan fingerprint density at radius 1 is 1.11 bits per heavy atom. The molecule has 0 aliphatic heterocycles. The summed E-state index contributed by atoms with van der Waals surface area (Å²) in [5.41, 5.74) is 0.974. The molecule has 0 atom stereocenters. The number of benzene rings is 1. The van der Waals surface area contributed by atoms with E-state index in [1.165, 1.54) is 6.26 Å². The van der Waals surface area contributed by atoms with E-state index < -0.39 is 0 Å². The van der Waals surface area contributed by atoms with Crippen LogP contribution in [0.3, 0.4) is 0 Å². The Balaban J connectivity index is 0.00000364. The first-order chi connectivity index (χ1) is 12.7. The number of ether oxygens (including phenoxy) is 2. The van der Waals surface area contributed by atoms with Gasteiger partial charge in [-0.15, -0.1) is 24.0 Å². The summed E-state index contributed by atoms with van der Waals surface area (Å²) in [4.78, 5) is 15.9. The maximum Gasteiger partial charge on any atom is 0.287 e. The van der Waals surface area contributed by atoms with Gasteiger partial charge < -0.3 is 29.8 Å². The highest BCUT2D eigenvalue weighted by molar-refractivity contribution is 14.0. The number of amides is 1. The van der Waals surface area contributed by atoms with E-state index in [-0.39, 0.29) is 29.9 Å². The zero-order valence-corrected chi connectivity index (χ0v) is 17.9. The summed E-state index contributed by atoms with van der Waals surface area (Å²) in [5, 5.41) is 9.09. The van der Waals surface area contributed by atoms with E-state index in [2.05, 4.69) is 20.9 Å². The molecule has 1 aromatic carbocycles. The van der Waals surface area contributed by atoms with Crippen LogP contribution < -0.4 is 25.4 Å². The van der Waals surface area contributed by atoms with Gasteiger partial charge in [-0.1, -0.05) is 0 Å². The highest BCUT2D eigenvalue weighted by Gasteiger charge is 2.08. The van der Waals surface area contributed by atoms with Crippen molar-refractivity contribution in [2.24, 2.45) is 4.99 Å². The Bertz CT molecular complexity index is 735. The van der Waals surface area contributed by atoms with Crippen molar-refractivity contribution in [2.75, 3.05) is 34.4 Å². The molecule has 0 aliphatic rings. The predicted octanol–water partition coefficient (Wildman–Crippen LogP) is 2.01. The summed E-state index contributed by atoms with van der Waals surface area (Å²) in [6, 6.07) is 8.93. The number of nitrogens with one attached hydrogen (secondary N) is 3. The van der Waals surface area contributed by atoms with Crippen LogP contribution >= 0.6 is 24.0 Å². The molecule has 8 nitrogen and oxygen atoms in total. The number of methoxy groups -OCH3 is 2. The van der Waals surface area contributed by atoms with Crippen molar-refractivity contribution in [2.45, 2.75) is 6.54 Å². The van der Waals surface area contributed by atoms with Gasteiger partial charge in [-0.3, -0.25) is 9.79 Å². The van der Waals surface area contributed by atoms with Crippen LogP contribution in [0.1, 0.15) is 16.1 Å². The number of carbonyl (C=O) groups is 1. The number of halogens is 1. The summed E-state index contributed by atoms with van der Waals surface area (Å²) >= 11 is 0. The van der Waals surface area contributed by atoms with Gasteiger partial charge in [-0.2, -0.15) is 0 Å². The molecule has 148 valence electrons. The Kier molecular flexibility index (Phi) is 10.1. The average molecular weight is 488 g/mol. The molecule has 1 aromatic heterocycles. The van der Waals surface area contributed by atoms with Crippen LogP contribution in [0.15, 0.2) is 46.0 Å². The highest BCUT2D eigenvalue weighted by Crippen LogP contribution is 2.24. The largest absolute Gasteiger partial charge is 0.497 e. The van der Waals surface area contributed by atoms with Crippen LogP contribution in [0.5, 0.6) is 11.5 Å². The highest BCUT2D eigenvalue weighted by atomic mass is 127. The third-order valence-corrected chi connectivity index (χ3v) is 3.61. The van der Waals surface area contributed by atoms with Gasteiger partial charge in [0.05, 0.1) is 20.5 Å². The Hall–Kier alpha value is -2.43. The quantitative estimate of drug-likeness (QED) is 0.228. The molecule has 0 aliphatic carbocycles. The number of aliphatic imine (C=N–C) groups is 1. The predicted molar refractivity (Wildman–Crippen MR) is 114 cm³/mol. The van der Waals surface area contributed by atoms with E-state index in [1.54, 1.807) is 33.4 Å². The SMILES string of the molecule is CN=C(NCCNC(=O)c1ccco1)NCc1ccc(OC)cc1OC.I. The van der Waals surface area contributed by atoms with Gasteiger partial charge in [0.1, 0.15) is 11.5 Å². The molecule has 9 heteroatoms. The molecule has 0 fully saturated rings. The minimum Gasteiger partial charge on any atom is -0.497 e. The first-order valence-corrected chi connectivity index (χ1v) is 8.15. The Morgan fingerprint density at radius 3 is 2.52 bits per heavy atom. The third-order valence-electron chi connectivity index (χ3n) is 3.61. The van der Waals surface area contributed by atoms with Crippen molar-refractivity contribution in [1.82, 2.24) is 16.0 Å². The smallest absolute Gasteiger partial charge is 0.287 e. The van der Waals surface area contributed by atoms with E-state index in [0.29, 0.717) is 31.4 Å². The third kappa shape index (κ3) is 7.00. The molecule has 2 rings (SSSR count). The fourth-order valence-corrected chi connectivity index (χ4v) is 2.25. The summed E-state index contributed by atoms with van der Waals surface area (Å²) in [5.74, 6) is 2.13. The van der Waals surface area contributed by atoms with Gasteiger partial charge in [0.25, 0.3) is 5.91 Å². The van der Waals surface area contributed by atoms with E-state index in [4.69, 9.17) is 13.9 Å². The number of hydrogen-bond acceptors (Lipinski definition) is 5. The van der Waals surface area contributed by atoms with Gasteiger partial charge in [0.15, 0.2) is 11.7 Å². The second kappa shape index (κ2) is 12.0. The summed E-state index contributed by atoms with van der Waals surface area (Å²) < 4.78 is 15.6. The molecule has 0 spiro atoms. The molecule has 2 aromatic rings. The molecule has 1 heterocycles. The molecular formula is C18H25IN4O4. The molecule has 0 saturated heterocycles. The topological polar surface area (TPSA) is 97.1 Å². The van der Waals surface area contributed by atoms with Crippen LogP contribution in [0, 0.1) is 0 Å². The maximum atomic E-state index is 11.8. The zero-order chi connectivity index (χ0) is 18.8. The molecule has 0 saturated carbocycles. The van der Waals surface area contributed by atoms with Crippen LogP contribution in [-0.2, 0) is 6.54 Å². The zero-order valence-electron chi connectivity index (χ0n) is 15.6. The maximum absolute atomic E-state index is 11.8. The summed E-state index contributed by atoms with van der Waals surface area (Å²) in [7, 11) is 4.91. The number of hydrogen-bond donors (Lipinski definition) is 3. The van der Waals surface area contributed by atoms with Crippen molar-refractivity contribution in [3.63, 3.8) is 0 Å². The number of nitrogens with zero attached hydrogens (tertiary/aromatic N) is 1. The lowest BCUT2D eigenvalue weighted by Gasteiger charge is -2.14. The molecular weight excluding hydrogens is 463 g/mol. The number of guanidine groups is 1. The lowest BCUT2D eigenvalue weighted by atomic mass is 10.2. The van der Waals surface area contributed by atoms with E-state index in [0.717, 1.165) is 17.1 Å². The van der Waals surface area contributed by atoms with Gasteiger partial charge >= 0.3 is 0 Å². The van der Waals surface area contributed by atoms with E-state index in [9.17, 15) is 4.79 Å². The van der Waals surface area contributed by atoms with Crippen LogP contribution in [0.2, 0.25) is 0 Å². The lowest BCUT2D eigenvalue weighted by Crippen LogP contribution is -2.41. The van der Waals surface area contributed by atoms with Crippen molar-refractivity contribution < 1.29 is 18.7 Å². The molecule has 27 heavy (non-hydrogen) atoms. The fourth-order valence-electron chi connectivity index (χ4n) is 2.25. The number of carbonyl (C=O) groups excluding carboxylic acids is 1. The Labute approximate surface area is 175 Å². The van der Waals surface area contributed by atoms with Gasteiger partial charge in [0.2, 0.25) is 0 Å². The standard InChI is InChI=1S/C18H24N4O4.HI/c1-19-18(21-9-8-20-17(23)15-5-4-10-26-15)22-12-13-6-7-14(24-2)11-16(13)25-3;/h4-7,10-11H,8-9,12H2,1-3H3,(H,20,23)(H2,19,21,22);1H. The van der Waals surface area contributed by atoms with Gasteiger partial charge in [-0.05, 0) is 24.3 Å². The minimum atomic E-state index is -0.247. The van der Waals surface area contributed by atoms with Crippen LogP contribution in [0.25, 0.3) is 0 Å². The average Bonchev–Trinajstić information content (AvgIpc) is 3.22. The molecule has 0 radical (unpaired) electrons. The van der Waals surface area contributed by atoms with Crippen LogP contribution in [0.4, 0.5) is 0 Å². The normalized spacial score (nSPS) is 10.6. The first-order valence-electron chi connectivity index (χ1n) is 8.15. The van der Waals surface area contributed by atoms with Crippen molar-refractivity contribution >= 4 is 35.8 Å². The van der Waals surface area contributed by atoms with Gasteiger partial charge in [-0.25, -0.2) is 0 Å². The van der Waals surface area contributed by atoms with Gasteiger partial charge in [0, 0.05) is 38.3 Å². The summed E-state index contributed by atoms with van der Waals surface area (Å²) in [6.45, 7) is 1.49. The second-order valence-electron chi connectivity index (χ2n) is 5.26. The van der Waals surface area contributed by atoms with E-state index in [1.807, 2.05) is 18.2 Å². The molecule has 1 amide bonds. The van der Waals surface area contributed by atoms with Crippen molar-refractivity contribution in [3.05, 3.63) is 47.9 Å². The Morgan fingerprint density at radius 2 is 1.89 bits per heavy atom. The molecule has 0 bridgehead atoms. The van der Waals surface area contributed by atoms with E-state index >= 15 is 0 Å². The molecule has 0 unspecified atom stereocenters. The van der Waals surface area contributed by atoms with Crippen molar-refractivity contribution in [3.8, 4) is 11.5 Å². The number of furan rings is 1. The summed E-state index contributed by atoms with van der Waals surface area (Å²) in [6.07, 6.45) is 1.46. The monoisotopic (exact) mass is 488 g/mol. The fraction of sp³-hybridized carbons (Fsp3) is 0.333.